The Kier molecular flexibility index (Phi) is 27.0. The fourth-order valence-electron chi connectivity index (χ4n) is 6.71. The molecule has 2 rings (SSSR count). The second-order valence-electron chi connectivity index (χ2n) is 14.8. The number of benzene rings is 2. The first-order valence-electron chi connectivity index (χ1n) is 21.5. The number of carbonyl (C=O) groups excluding carboxylic acids is 4. The van der Waals surface area contributed by atoms with Crippen molar-refractivity contribution in [2.75, 3.05) is 51.2 Å². The molecular formula is C45H72N4O8. The van der Waals surface area contributed by atoms with Crippen molar-refractivity contribution in [1.82, 2.24) is 10.6 Å². The second kappa shape index (κ2) is 31.6. The van der Waals surface area contributed by atoms with E-state index in [2.05, 4.69) is 35.1 Å². The number of ether oxygens (including phenoxy) is 4. The van der Waals surface area contributed by atoms with Crippen LogP contribution in [0.1, 0.15) is 141 Å². The lowest BCUT2D eigenvalue weighted by molar-refractivity contribution is 0.145. The van der Waals surface area contributed by atoms with E-state index in [1.165, 1.54) is 38.5 Å². The molecule has 0 spiro atoms. The molecule has 0 aliphatic carbocycles. The third-order valence-electron chi connectivity index (χ3n) is 10.3. The van der Waals surface area contributed by atoms with Gasteiger partial charge in [0.15, 0.2) is 0 Å². The summed E-state index contributed by atoms with van der Waals surface area (Å²) in [7, 11) is 3.13. The summed E-state index contributed by atoms with van der Waals surface area (Å²) in [4.78, 5) is 46.8. The monoisotopic (exact) mass is 797 g/mol. The SMILES string of the molecule is CCC(CCCCCOC(=O)NC)CCCCCOC(=O)Nc1ccc(Cc2ccc(NC(=O)OCCCCCC(CC)CCCCCOC(=O)NC)cc2)cc1. The zero-order valence-electron chi connectivity index (χ0n) is 35.3. The first-order chi connectivity index (χ1) is 27.8. The van der Waals surface area contributed by atoms with Crippen LogP contribution in [-0.4, -0.2) is 64.9 Å². The molecule has 4 amide bonds. The molecule has 4 N–H and O–H groups in total. The summed E-state index contributed by atoms with van der Waals surface area (Å²) >= 11 is 0. The highest BCUT2D eigenvalue weighted by Gasteiger charge is 2.10. The van der Waals surface area contributed by atoms with Gasteiger partial charge in [0.25, 0.3) is 0 Å². The number of hydrogen-bond donors (Lipinski definition) is 4. The van der Waals surface area contributed by atoms with E-state index in [1.54, 1.807) is 14.1 Å². The van der Waals surface area contributed by atoms with Crippen molar-refractivity contribution in [2.24, 2.45) is 11.8 Å². The quantitative estimate of drug-likeness (QED) is 0.0450. The molecule has 2 atom stereocenters. The smallest absolute Gasteiger partial charge is 0.411 e. The van der Waals surface area contributed by atoms with Gasteiger partial charge in [0, 0.05) is 25.5 Å². The molecule has 0 aliphatic rings. The second-order valence-corrected chi connectivity index (χ2v) is 14.8. The Morgan fingerprint density at radius 1 is 0.439 bits per heavy atom. The maximum absolute atomic E-state index is 12.3. The predicted molar refractivity (Wildman–Crippen MR) is 228 cm³/mol. The average Bonchev–Trinajstić information content (AvgIpc) is 3.22. The van der Waals surface area contributed by atoms with Gasteiger partial charge in [-0.2, -0.15) is 0 Å². The minimum atomic E-state index is -0.441. The number of carbonyl (C=O) groups is 4. The standard InChI is InChI=1S/C45H72N4O8/c1-5-36(19-11-7-15-31-54-42(50)46-3)21-13-9-17-33-56-44(52)48-40-27-23-38(24-28-40)35-39-25-29-41(30-26-39)49-45(53)57-34-18-10-14-22-37(6-2)20-12-8-16-32-55-43(51)47-4/h23-30,36-37H,5-22,31-35H2,1-4H3,(H,46,50)(H,47,51)(H,48,52)(H,49,53). The topological polar surface area (TPSA) is 153 Å². The first-order valence-corrected chi connectivity index (χ1v) is 21.5. The lowest BCUT2D eigenvalue weighted by Crippen LogP contribution is -2.19. The zero-order valence-corrected chi connectivity index (χ0v) is 35.3. The van der Waals surface area contributed by atoms with Crippen LogP contribution in [0.2, 0.25) is 0 Å². The van der Waals surface area contributed by atoms with Gasteiger partial charge in [0.2, 0.25) is 0 Å². The molecule has 0 fully saturated rings. The van der Waals surface area contributed by atoms with Gasteiger partial charge in [-0.1, -0.05) is 128 Å². The molecule has 0 aromatic heterocycles. The highest BCUT2D eigenvalue weighted by molar-refractivity contribution is 5.85. The molecular weight excluding hydrogens is 725 g/mol. The van der Waals surface area contributed by atoms with Crippen molar-refractivity contribution >= 4 is 35.7 Å². The van der Waals surface area contributed by atoms with E-state index in [-0.39, 0.29) is 12.2 Å². The van der Waals surface area contributed by atoms with Gasteiger partial charge in [-0.15, -0.1) is 0 Å². The van der Waals surface area contributed by atoms with E-state index in [0.717, 1.165) is 94.6 Å². The molecule has 2 unspecified atom stereocenters. The third-order valence-corrected chi connectivity index (χ3v) is 10.3. The summed E-state index contributed by atoms with van der Waals surface area (Å²) in [6.45, 7) is 6.23. The zero-order chi connectivity index (χ0) is 41.4. The van der Waals surface area contributed by atoms with Gasteiger partial charge in [0.05, 0.1) is 26.4 Å². The Balaban J connectivity index is 1.52. The van der Waals surface area contributed by atoms with E-state index >= 15 is 0 Å². The van der Waals surface area contributed by atoms with E-state index in [4.69, 9.17) is 18.9 Å². The summed E-state index contributed by atoms with van der Waals surface area (Å²) in [5.41, 5.74) is 3.58. The number of rotatable bonds is 30. The molecule has 12 heteroatoms. The van der Waals surface area contributed by atoms with Crippen LogP contribution in [0.4, 0.5) is 30.6 Å². The van der Waals surface area contributed by atoms with Crippen LogP contribution in [0.5, 0.6) is 0 Å². The molecule has 12 nitrogen and oxygen atoms in total. The predicted octanol–water partition coefficient (Wildman–Crippen LogP) is 11.4. The summed E-state index contributed by atoms with van der Waals surface area (Å²) in [5.74, 6) is 1.41. The molecule has 320 valence electrons. The van der Waals surface area contributed by atoms with Crippen molar-refractivity contribution in [3.63, 3.8) is 0 Å². The maximum Gasteiger partial charge on any atom is 0.411 e. The van der Waals surface area contributed by atoms with Crippen LogP contribution in [0.25, 0.3) is 0 Å². The lowest BCUT2D eigenvalue weighted by Gasteiger charge is -2.14. The number of alkyl carbamates (subject to hydrolysis) is 2. The van der Waals surface area contributed by atoms with Crippen molar-refractivity contribution in [3.05, 3.63) is 59.7 Å². The van der Waals surface area contributed by atoms with Crippen LogP contribution in [-0.2, 0) is 25.4 Å². The Morgan fingerprint density at radius 2 is 0.737 bits per heavy atom. The highest BCUT2D eigenvalue weighted by atomic mass is 16.6. The molecule has 0 saturated carbocycles. The average molecular weight is 797 g/mol. The van der Waals surface area contributed by atoms with Crippen LogP contribution in [0, 0.1) is 11.8 Å². The highest BCUT2D eigenvalue weighted by Crippen LogP contribution is 2.22. The molecule has 0 aliphatic heterocycles. The summed E-state index contributed by atoms with van der Waals surface area (Å²) in [5, 5.41) is 10.5. The minimum Gasteiger partial charge on any atom is -0.450 e. The lowest BCUT2D eigenvalue weighted by atomic mass is 9.93. The third kappa shape index (κ3) is 24.7. The summed E-state index contributed by atoms with van der Waals surface area (Å²) < 4.78 is 20.9. The van der Waals surface area contributed by atoms with Crippen LogP contribution >= 0.6 is 0 Å². The maximum atomic E-state index is 12.3. The summed E-state index contributed by atoms with van der Waals surface area (Å²) in [6.07, 6.45) is 18.4. The molecule has 0 bridgehead atoms. The van der Waals surface area contributed by atoms with Crippen molar-refractivity contribution in [3.8, 4) is 0 Å². The van der Waals surface area contributed by atoms with E-state index < -0.39 is 12.2 Å². The molecule has 0 radical (unpaired) electrons. The van der Waals surface area contributed by atoms with Crippen LogP contribution in [0.15, 0.2) is 48.5 Å². The fourth-order valence-corrected chi connectivity index (χ4v) is 6.71. The molecule has 57 heavy (non-hydrogen) atoms. The Hall–Kier alpha value is -4.48. The minimum absolute atomic E-state index is 0.368. The normalized spacial score (nSPS) is 11.9. The van der Waals surface area contributed by atoms with Crippen molar-refractivity contribution in [1.29, 1.82) is 0 Å². The molecule has 2 aromatic rings. The summed E-state index contributed by atoms with van der Waals surface area (Å²) in [6, 6.07) is 15.5. The van der Waals surface area contributed by atoms with Gasteiger partial charge in [-0.25, -0.2) is 19.2 Å². The van der Waals surface area contributed by atoms with E-state index in [0.29, 0.717) is 49.6 Å². The largest absolute Gasteiger partial charge is 0.450 e. The van der Waals surface area contributed by atoms with E-state index in [1.807, 2.05) is 48.5 Å². The van der Waals surface area contributed by atoms with Gasteiger partial charge in [-0.05, 0) is 79.3 Å². The molecule has 0 saturated heterocycles. The number of nitrogens with one attached hydrogen (secondary N) is 4. The Bertz CT molecular complexity index is 1270. The number of unbranched alkanes of at least 4 members (excludes halogenated alkanes) is 8. The van der Waals surface area contributed by atoms with Gasteiger partial charge in [-0.3, -0.25) is 10.6 Å². The number of anilines is 2. The molecule has 0 heterocycles. The van der Waals surface area contributed by atoms with E-state index in [9.17, 15) is 19.2 Å². The van der Waals surface area contributed by atoms with Gasteiger partial charge >= 0.3 is 24.4 Å². The Morgan fingerprint density at radius 3 is 1.02 bits per heavy atom. The van der Waals surface area contributed by atoms with Crippen LogP contribution in [0.3, 0.4) is 0 Å². The van der Waals surface area contributed by atoms with Gasteiger partial charge in [0.1, 0.15) is 0 Å². The number of amides is 4. The van der Waals surface area contributed by atoms with Crippen LogP contribution < -0.4 is 21.3 Å². The fraction of sp³-hybridized carbons (Fsp3) is 0.644. The number of hydrogen-bond acceptors (Lipinski definition) is 8. The molecule has 2 aromatic carbocycles. The first kappa shape index (κ1) is 48.7. The van der Waals surface area contributed by atoms with Crippen molar-refractivity contribution in [2.45, 2.75) is 136 Å². The van der Waals surface area contributed by atoms with Gasteiger partial charge < -0.3 is 29.6 Å². The Labute approximate surface area is 342 Å². The van der Waals surface area contributed by atoms with Crippen molar-refractivity contribution < 1.29 is 38.1 Å².